The number of carbonyl (C=O) groups is 1. The second-order valence-electron chi connectivity index (χ2n) is 6.04. The molecule has 28 heavy (non-hydrogen) atoms. The maximum absolute atomic E-state index is 12.4. The summed E-state index contributed by atoms with van der Waals surface area (Å²) >= 11 is 0. The number of benzene rings is 3. The minimum Gasteiger partial charge on any atom is -0.490 e. The van der Waals surface area contributed by atoms with Crippen molar-refractivity contribution < 1.29 is 19.2 Å². The summed E-state index contributed by atoms with van der Waals surface area (Å²) in [6, 6.07) is 18.6. The van der Waals surface area contributed by atoms with Crippen molar-refractivity contribution in [2.45, 2.75) is 6.92 Å². The van der Waals surface area contributed by atoms with Crippen LogP contribution in [0.1, 0.15) is 15.9 Å². The number of carbonyl (C=O) groups excluding carboxylic acids is 1. The highest BCUT2D eigenvalue weighted by Crippen LogP contribution is 2.28. The number of nitrogens with one attached hydrogen (secondary N) is 1. The molecule has 7 heteroatoms. The molecule has 0 bridgehead atoms. The van der Waals surface area contributed by atoms with Crippen molar-refractivity contribution in [3.8, 4) is 17.2 Å². The number of methoxy groups -OCH3 is 1. The molecule has 0 heterocycles. The Kier molecular flexibility index (Phi) is 5.55. The maximum Gasteiger partial charge on any atom is 0.311 e. The van der Waals surface area contributed by atoms with E-state index in [1.54, 1.807) is 24.3 Å². The molecule has 1 amide bonds. The van der Waals surface area contributed by atoms with Crippen LogP contribution in [0.25, 0.3) is 0 Å². The topological polar surface area (TPSA) is 90.7 Å². The zero-order valence-corrected chi connectivity index (χ0v) is 15.3. The van der Waals surface area contributed by atoms with E-state index in [-0.39, 0.29) is 17.0 Å². The molecule has 0 aliphatic heterocycles. The lowest BCUT2D eigenvalue weighted by molar-refractivity contribution is -0.385. The van der Waals surface area contributed by atoms with Crippen LogP contribution in [0.3, 0.4) is 0 Å². The molecular formula is C21H18N2O5. The average molecular weight is 378 g/mol. The molecule has 0 saturated carbocycles. The van der Waals surface area contributed by atoms with Gasteiger partial charge in [-0.2, -0.15) is 0 Å². The van der Waals surface area contributed by atoms with Crippen LogP contribution in [0.4, 0.5) is 11.4 Å². The number of hydrogen-bond donors (Lipinski definition) is 1. The number of amides is 1. The van der Waals surface area contributed by atoms with E-state index in [0.29, 0.717) is 11.4 Å². The monoisotopic (exact) mass is 378 g/mol. The average Bonchev–Trinajstić information content (AvgIpc) is 2.69. The summed E-state index contributed by atoms with van der Waals surface area (Å²) in [4.78, 5) is 22.9. The van der Waals surface area contributed by atoms with Gasteiger partial charge in [-0.3, -0.25) is 14.9 Å². The van der Waals surface area contributed by atoms with Crippen LogP contribution in [0.2, 0.25) is 0 Å². The van der Waals surface area contributed by atoms with E-state index in [9.17, 15) is 14.9 Å². The van der Waals surface area contributed by atoms with E-state index in [2.05, 4.69) is 5.32 Å². The fourth-order valence-electron chi connectivity index (χ4n) is 2.60. The van der Waals surface area contributed by atoms with Gasteiger partial charge in [-0.15, -0.1) is 0 Å². The van der Waals surface area contributed by atoms with Crippen LogP contribution < -0.4 is 14.8 Å². The molecule has 3 aromatic rings. The molecular weight excluding hydrogens is 360 g/mol. The lowest BCUT2D eigenvalue weighted by atomic mass is 10.1. The second-order valence-corrected chi connectivity index (χ2v) is 6.04. The zero-order valence-electron chi connectivity index (χ0n) is 15.3. The number of hydrogen-bond acceptors (Lipinski definition) is 5. The van der Waals surface area contributed by atoms with Crippen molar-refractivity contribution in [3.63, 3.8) is 0 Å². The Bertz CT molecular complexity index is 1020. The predicted octanol–water partition coefficient (Wildman–Crippen LogP) is 4.96. The number of nitrogens with zero attached hydrogens (tertiary/aromatic N) is 1. The van der Waals surface area contributed by atoms with Crippen molar-refractivity contribution in [1.29, 1.82) is 0 Å². The summed E-state index contributed by atoms with van der Waals surface area (Å²) in [7, 11) is 1.34. The third-order valence-electron chi connectivity index (χ3n) is 3.98. The first-order valence-corrected chi connectivity index (χ1v) is 8.44. The van der Waals surface area contributed by atoms with Crippen molar-refractivity contribution in [2.24, 2.45) is 0 Å². The minimum absolute atomic E-state index is 0.0965. The summed E-state index contributed by atoms with van der Waals surface area (Å²) in [5.41, 5.74) is 1.53. The lowest BCUT2D eigenvalue weighted by Crippen LogP contribution is -2.12. The summed E-state index contributed by atoms with van der Waals surface area (Å²) < 4.78 is 10.7. The zero-order chi connectivity index (χ0) is 20.1. The van der Waals surface area contributed by atoms with E-state index in [0.717, 1.165) is 11.3 Å². The highest BCUT2D eigenvalue weighted by molar-refractivity contribution is 6.04. The molecule has 0 atom stereocenters. The maximum atomic E-state index is 12.4. The van der Waals surface area contributed by atoms with Crippen LogP contribution >= 0.6 is 0 Å². The largest absolute Gasteiger partial charge is 0.490 e. The Labute approximate surface area is 161 Å². The van der Waals surface area contributed by atoms with Crippen molar-refractivity contribution in [2.75, 3.05) is 12.4 Å². The summed E-state index contributed by atoms with van der Waals surface area (Å²) in [6.07, 6.45) is 0. The number of anilines is 1. The van der Waals surface area contributed by atoms with Gasteiger partial charge in [-0.25, -0.2) is 0 Å². The lowest BCUT2D eigenvalue weighted by Gasteiger charge is -2.09. The Morgan fingerprint density at radius 1 is 1.00 bits per heavy atom. The number of aryl methyl sites for hydroxylation is 1. The fraction of sp³-hybridized carbons (Fsp3) is 0.0952. The van der Waals surface area contributed by atoms with E-state index in [1.807, 2.05) is 31.2 Å². The van der Waals surface area contributed by atoms with Gasteiger partial charge in [0, 0.05) is 17.3 Å². The molecule has 142 valence electrons. The highest BCUT2D eigenvalue weighted by atomic mass is 16.6. The van der Waals surface area contributed by atoms with Crippen molar-refractivity contribution in [1.82, 2.24) is 0 Å². The molecule has 0 aromatic heterocycles. The SMILES string of the molecule is COc1ccc(C(=O)Nc2ccc(Oc3cccc(C)c3)cc2)cc1[N+](=O)[O-]. The van der Waals surface area contributed by atoms with E-state index in [1.165, 1.54) is 25.3 Å². The van der Waals surface area contributed by atoms with Gasteiger partial charge in [0.05, 0.1) is 12.0 Å². The molecule has 7 nitrogen and oxygen atoms in total. The molecule has 0 aliphatic rings. The van der Waals surface area contributed by atoms with Crippen molar-refractivity contribution >= 4 is 17.3 Å². The van der Waals surface area contributed by atoms with Crippen molar-refractivity contribution in [3.05, 3.63) is 88.0 Å². The van der Waals surface area contributed by atoms with Crippen LogP contribution in [0, 0.1) is 17.0 Å². The summed E-state index contributed by atoms with van der Waals surface area (Å²) in [5, 5.41) is 13.8. The Hall–Kier alpha value is -3.87. The number of rotatable bonds is 6. The number of nitro benzene ring substituents is 1. The molecule has 0 saturated heterocycles. The normalized spacial score (nSPS) is 10.2. The van der Waals surface area contributed by atoms with Crippen LogP contribution in [-0.4, -0.2) is 17.9 Å². The van der Waals surface area contributed by atoms with E-state index < -0.39 is 10.8 Å². The van der Waals surface area contributed by atoms with E-state index >= 15 is 0 Å². The minimum atomic E-state index is -0.590. The number of ether oxygens (including phenoxy) is 2. The second kappa shape index (κ2) is 8.22. The third kappa shape index (κ3) is 4.45. The Morgan fingerprint density at radius 3 is 2.39 bits per heavy atom. The standard InChI is InChI=1S/C21H18N2O5/c1-14-4-3-5-18(12-14)28-17-9-7-16(8-10-17)22-21(24)15-6-11-20(27-2)19(13-15)23(25)26/h3-13H,1-2H3,(H,22,24). The molecule has 0 radical (unpaired) electrons. The Morgan fingerprint density at radius 2 is 1.75 bits per heavy atom. The van der Waals surface area contributed by atoms with Crippen LogP contribution in [0.15, 0.2) is 66.7 Å². The van der Waals surface area contributed by atoms with Gasteiger partial charge >= 0.3 is 5.69 Å². The summed E-state index contributed by atoms with van der Waals surface area (Å²) in [5.74, 6) is 0.989. The molecule has 0 unspecified atom stereocenters. The molecule has 3 aromatic carbocycles. The molecule has 3 rings (SSSR count). The predicted molar refractivity (Wildman–Crippen MR) is 105 cm³/mol. The van der Waals surface area contributed by atoms with Crippen LogP contribution in [0.5, 0.6) is 17.2 Å². The number of nitro groups is 1. The first kappa shape index (κ1) is 18.9. The van der Waals surface area contributed by atoms with E-state index in [4.69, 9.17) is 9.47 Å². The molecule has 0 aliphatic carbocycles. The van der Waals surface area contributed by atoms with Gasteiger partial charge in [-0.05, 0) is 61.0 Å². The van der Waals surface area contributed by atoms with Crippen LogP contribution in [-0.2, 0) is 0 Å². The van der Waals surface area contributed by atoms with Gasteiger partial charge < -0.3 is 14.8 Å². The fourth-order valence-corrected chi connectivity index (χ4v) is 2.60. The molecule has 0 spiro atoms. The highest BCUT2D eigenvalue weighted by Gasteiger charge is 2.18. The Balaban J connectivity index is 1.71. The van der Waals surface area contributed by atoms with Gasteiger partial charge in [0.1, 0.15) is 11.5 Å². The van der Waals surface area contributed by atoms with Gasteiger partial charge in [0.25, 0.3) is 5.91 Å². The molecule has 0 fully saturated rings. The van der Waals surface area contributed by atoms with Gasteiger partial charge in [0.15, 0.2) is 5.75 Å². The van der Waals surface area contributed by atoms with Gasteiger partial charge in [-0.1, -0.05) is 12.1 Å². The molecule has 1 N–H and O–H groups in total. The van der Waals surface area contributed by atoms with Gasteiger partial charge in [0.2, 0.25) is 0 Å². The smallest absolute Gasteiger partial charge is 0.311 e. The first-order chi connectivity index (χ1) is 13.5. The summed E-state index contributed by atoms with van der Waals surface area (Å²) in [6.45, 7) is 1.98. The first-order valence-electron chi connectivity index (χ1n) is 8.44. The quantitative estimate of drug-likeness (QED) is 0.484. The third-order valence-corrected chi connectivity index (χ3v) is 3.98.